The normalized spacial score (nSPS) is 14.7. The molecule has 1 aromatic carbocycles. The fourth-order valence-corrected chi connectivity index (χ4v) is 4.11. The number of nitrogens with two attached hydrogens (primary N) is 1. The van der Waals surface area contributed by atoms with Gasteiger partial charge in [-0.25, -0.2) is 14.4 Å². The molecular formula is C27H36ClN3O11. The molecule has 232 valence electrons. The van der Waals surface area contributed by atoms with Crippen LogP contribution in [0.4, 0.5) is 10.5 Å². The zero-order valence-electron chi connectivity index (χ0n) is 24.1. The highest BCUT2D eigenvalue weighted by Gasteiger charge is 2.43. The summed E-state index contributed by atoms with van der Waals surface area (Å²) in [5.74, 6) is -3.59. The summed E-state index contributed by atoms with van der Waals surface area (Å²) in [4.78, 5) is 63.8. The molecule has 2 rings (SSSR count). The SMILES string of the molecule is COCCOC(=O)C1=C(C)N(C(=O)OCOC(=O)CCCN)C(C)=C(C(=O)OC(C)C)C1c1cccc([N+](=O)[O-])c1.Cl. The van der Waals surface area contributed by atoms with Gasteiger partial charge in [0.25, 0.3) is 5.69 Å². The number of ether oxygens (including phenoxy) is 5. The van der Waals surface area contributed by atoms with Crippen molar-refractivity contribution in [2.45, 2.75) is 52.6 Å². The number of carbonyl (C=O) groups is 4. The van der Waals surface area contributed by atoms with E-state index in [0.717, 1.165) is 4.90 Å². The quantitative estimate of drug-likeness (QED) is 0.0853. The lowest BCUT2D eigenvalue weighted by atomic mass is 9.79. The number of carbonyl (C=O) groups excluding carboxylic acids is 4. The molecule has 1 heterocycles. The van der Waals surface area contributed by atoms with Crippen LogP contribution in [0, 0.1) is 10.1 Å². The number of benzene rings is 1. The fraction of sp³-hybridized carbons (Fsp3) is 0.481. The summed E-state index contributed by atoms with van der Waals surface area (Å²) >= 11 is 0. The van der Waals surface area contributed by atoms with Crippen LogP contribution in [0.15, 0.2) is 46.8 Å². The van der Waals surface area contributed by atoms with Crippen molar-refractivity contribution in [3.8, 4) is 0 Å². The van der Waals surface area contributed by atoms with Gasteiger partial charge >= 0.3 is 24.0 Å². The Morgan fingerprint density at radius 1 is 1.02 bits per heavy atom. The number of non-ortho nitro benzene ring substituents is 1. The van der Waals surface area contributed by atoms with E-state index in [1.807, 2.05) is 0 Å². The number of nitro groups is 1. The van der Waals surface area contributed by atoms with E-state index in [0.29, 0.717) is 6.42 Å². The third-order valence-electron chi connectivity index (χ3n) is 5.92. The number of allylic oxidation sites excluding steroid dienone is 2. The number of halogens is 1. The number of nitrogens with zero attached hydrogens (tertiary/aromatic N) is 2. The number of methoxy groups -OCH3 is 1. The average molecular weight is 614 g/mol. The topological polar surface area (TPSA) is 187 Å². The largest absolute Gasteiger partial charge is 0.460 e. The van der Waals surface area contributed by atoms with E-state index < -0.39 is 47.7 Å². The van der Waals surface area contributed by atoms with Gasteiger partial charge in [0.05, 0.1) is 34.7 Å². The van der Waals surface area contributed by atoms with Crippen molar-refractivity contribution in [1.82, 2.24) is 4.90 Å². The molecule has 0 bridgehead atoms. The number of amides is 1. The van der Waals surface area contributed by atoms with Crippen LogP contribution >= 0.6 is 12.4 Å². The van der Waals surface area contributed by atoms with Crippen LogP contribution in [0.1, 0.15) is 52.0 Å². The van der Waals surface area contributed by atoms with Crippen molar-refractivity contribution in [2.24, 2.45) is 5.73 Å². The van der Waals surface area contributed by atoms with Crippen molar-refractivity contribution in [3.05, 3.63) is 62.5 Å². The molecule has 14 nitrogen and oxygen atoms in total. The molecule has 0 spiro atoms. The van der Waals surface area contributed by atoms with Crippen LogP contribution in [-0.4, -0.2) is 73.6 Å². The Morgan fingerprint density at radius 2 is 1.67 bits per heavy atom. The zero-order valence-corrected chi connectivity index (χ0v) is 24.9. The maximum Gasteiger partial charge on any atom is 0.421 e. The molecule has 1 amide bonds. The van der Waals surface area contributed by atoms with Crippen LogP contribution in [0.25, 0.3) is 0 Å². The first-order chi connectivity index (χ1) is 19.4. The molecular weight excluding hydrogens is 578 g/mol. The molecule has 15 heteroatoms. The molecule has 1 aliphatic heterocycles. The van der Waals surface area contributed by atoms with E-state index in [9.17, 15) is 29.3 Å². The molecule has 2 N–H and O–H groups in total. The van der Waals surface area contributed by atoms with Crippen LogP contribution < -0.4 is 5.73 Å². The Hall–Kier alpha value is -4.01. The molecule has 0 radical (unpaired) electrons. The van der Waals surface area contributed by atoms with E-state index in [-0.39, 0.29) is 72.4 Å². The monoisotopic (exact) mass is 613 g/mol. The van der Waals surface area contributed by atoms with Gasteiger partial charge in [0.2, 0.25) is 6.79 Å². The summed E-state index contributed by atoms with van der Waals surface area (Å²) in [5, 5.41) is 11.5. The van der Waals surface area contributed by atoms with Gasteiger partial charge in [-0.3, -0.25) is 19.8 Å². The number of nitro benzene ring substituents is 1. The van der Waals surface area contributed by atoms with Gasteiger partial charge in [0.1, 0.15) is 6.61 Å². The molecule has 1 aliphatic rings. The van der Waals surface area contributed by atoms with Crippen LogP contribution in [0.2, 0.25) is 0 Å². The Labute approximate surface area is 249 Å². The average Bonchev–Trinajstić information content (AvgIpc) is 2.91. The first-order valence-electron chi connectivity index (χ1n) is 12.8. The van der Waals surface area contributed by atoms with Crippen molar-refractivity contribution in [1.29, 1.82) is 0 Å². The molecule has 1 aromatic rings. The van der Waals surface area contributed by atoms with Crippen LogP contribution in [0.5, 0.6) is 0 Å². The third-order valence-corrected chi connectivity index (χ3v) is 5.92. The summed E-state index contributed by atoms with van der Waals surface area (Å²) in [6.45, 7) is 5.57. The second-order valence-electron chi connectivity index (χ2n) is 9.14. The Bertz CT molecular complexity index is 1230. The smallest absolute Gasteiger partial charge is 0.421 e. The highest BCUT2D eigenvalue weighted by atomic mass is 35.5. The van der Waals surface area contributed by atoms with Crippen LogP contribution in [-0.2, 0) is 38.1 Å². The zero-order chi connectivity index (χ0) is 30.7. The standard InChI is InChI=1S/C27H35N3O11.ClH/c1-16(2)41-26(33)23-18(4)29(27(34)40-15-39-21(31)10-7-11-28)17(3)22(25(32)38-13-12-37-5)24(23)19-8-6-9-20(14-19)30(35)36;/h6,8-9,14,16,24H,7,10-13,15,28H2,1-5H3;1H. The lowest BCUT2D eigenvalue weighted by molar-refractivity contribution is -0.384. The lowest BCUT2D eigenvalue weighted by Gasteiger charge is -2.36. The summed E-state index contributed by atoms with van der Waals surface area (Å²) in [6.07, 6.45) is -1.21. The number of hydrogen-bond donors (Lipinski definition) is 1. The highest BCUT2D eigenvalue weighted by molar-refractivity contribution is 6.01. The third kappa shape index (κ3) is 9.26. The van der Waals surface area contributed by atoms with Gasteiger partial charge in [-0.1, -0.05) is 12.1 Å². The molecule has 0 aliphatic carbocycles. The van der Waals surface area contributed by atoms with Gasteiger partial charge in [-0.15, -0.1) is 12.4 Å². The summed E-state index contributed by atoms with van der Waals surface area (Å²) in [5.41, 5.74) is 5.09. The van der Waals surface area contributed by atoms with Crippen molar-refractivity contribution < 1.29 is 47.8 Å². The molecule has 0 aromatic heterocycles. The van der Waals surface area contributed by atoms with Gasteiger partial charge in [-0.05, 0) is 46.2 Å². The van der Waals surface area contributed by atoms with E-state index in [1.54, 1.807) is 13.8 Å². The predicted octanol–water partition coefficient (Wildman–Crippen LogP) is 3.48. The highest BCUT2D eigenvalue weighted by Crippen LogP contribution is 2.44. The predicted molar refractivity (Wildman–Crippen MR) is 150 cm³/mol. The van der Waals surface area contributed by atoms with Crippen molar-refractivity contribution in [3.63, 3.8) is 0 Å². The Balaban J connectivity index is 0.00000882. The summed E-state index contributed by atoms with van der Waals surface area (Å²) < 4.78 is 25.8. The number of hydrogen-bond acceptors (Lipinski definition) is 12. The molecule has 1 atom stereocenters. The lowest BCUT2D eigenvalue weighted by Crippen LogP contribution is -2.39. The van der Waals surface area contributed by atoms with E-state index in [1.165, 1.54) is 45.2 Å². The molecule has 0 saturated carbocycles. The molecule has 1 unspecified atom stereocenters. The minimum Gasteiger partial charge on any atom is -0.460 e. The van der Waals surface area contributed by atoms with Gasteiger partial charge in [0, 0.05) is 37.1 Å². The van der Waals surface area contributed by atoms with E-state index in [4.69, 9.17) is 29.4 Å². The molecule has 0 fully saturated rings. The number of esters is 3. The van der Waals surface area contributed by atoms with Crippen molar-refractivity contribution in [2.75, 3.05) is 33.7 Å². The summed E-state index contributed by atoms with van der Waals surface area (Å²) in [6, 6.07) is 5.42. The summed E-state index contributed by atoms with van der Waals surface area (Å²) in [7, 11) is 1.41. The second kappa shape index (κ2) is 17.1. The first-order valence-corrected chi connectivity index (χ1v) is 12.8. The maximum absolute atomic E-state index is 13.5. The van der Waals surface area contributed by atoms with Gasteiger partial charge < -0.3 is 29.4 Å². The van der Waals surface area contributed by atoms with E-state index >= 15 is 0 Å². The molecule has 0 saturated heterocycles. The van der Waals surface area contributed by atoms with Crippen molar-refractivity contribution >= 4 is 42.1 Å². The second-order valence-corrected chi connectivity index (χ2v) is 9.14. The minimum atomic E-state index is -1.20. The minimum absolute atomic E-state index is 0. The first kappa shape index (κ1) is 36.0. The molecule has 42 heavy (non-hydrogen) atoms. The Kier molecular flexibility index (Phi) is 14.6. The van der Waals surface area contributed by atoms with E-state index in [2.05, 4.69) is 0 Å². The van der Waals surface area contributed by atoms with Crippen LogP contribution in [0.3, 0.4) is 0 Å². The van der Waals surface area contributed by atoms with Gasteiger partial charge in [0.15, 0.2) is 0 Å². The maximum atomic E-state index is 13.5. The Morgan fingerprint density at radius 3 is 2.24 bits per heavy atom. The van der Waals surface area contributed by atoms with Gasteiger partial charge in [-0.2, -0.15) is 0 Å². The fourth-order valence-electron chi connectivity index (χ4n) is 4.11. The number of rotatable bonds is 13.